The fourth-order valence-corrected chi connectivity index (χ4v) is 2.42. The molecule has 0 bridgehead atoms. The van der Waals surface area contributed by atoms with Crippen LogP contribution in [0.25, 0.3) is 11.0 Å². The summed E-state index contributed by atoms with van der Waals surface area (Å²) in [5.74, 6) is 0.741. The summed E-state index contributed by atoms with van der Waals surface area (Å²) in [6.07, 6.45) is 0. The minimum atomic E-state index is -0.0434. The van der Waals surface area contributed by atoms with Gasteiger partial charge < -0.3 is 10.3 Å². The second kappa shape index (κ2) is 4.81. The highest BCUT2D eigenvalue weighted by Crippen LogP contribution is 2.16. The molecule has 0 saturated heterocycles. The maximum absolute atomic E-state index is 11.1. The molecule has 0 saturated carbocycles. The van der Waals surface area contributed by atoms with E-state index in [1.807, 2.05) is 31.2 Å². The largest absolute Gasteiger partial charge is 0.363 e. The van der Waals surface area contributed by atoms with E-state index in [-0.39, 0.29) is 4.87 Å². The summed E-state index contributed by atoms with van der Waals surface area (Å²) < 4.78 is 0. The molecule has 19 heavy (non-hydrogen) atoms. The fraction of sp³-hybridized carbons (Fsp3) is 0.154. The highest BCUT2D eigenvalue weighted by atomic mass is 32.1. The van der Waals surface area contributed by atoms with Gasteiger partial charge in [-0.3, -0.25) is 4.79 Å². The molecule has 5 nitrogen and oxygen atoms in total. The molecular weight excluding hydrogens is 260 g/mol. The second-order valence-electron chi connectivity index (χ2n) is 4.17. The van der Waals surface area contributed by atoms with Crippen LogP contribution in [-0.2, 0) is 6.54 Å². The van der Waals surface area contributed by atoms with E-state index in [2.05, 4.69) is 20.3 Å². The summed E-state index contributed by atoms with van der Waals surface area (Å²) in [4.78, 5) is 22.8. The van der Waals surface area contributed by atoms with Gasteiger partial charge >= 0.3 is 4.87 Å². The summed E-state index contributed by atoms with van der Waals surface area (Å²) in [5, 5.41) is 5.00. The zero-order valence-corrected chi connectivity index (χ0v) is 11.1. The highest BCUT2D eigenvalue weighted by molar-refractivity contribution is 7.07. The van der Waals surface area contributed by atoms with E-state index in [4.69, 9.17) is 0 Å². The van der Waals surface area contributed by atoms with Crippen LogP contribution < -0.4 is 10.2 Å². The Morgan fingerprint density at radius 3 is 2.68 bits per heavy atom. The standard InChI is InChI=1S/C13H12N4OS/c1-8-12(14-6-9-7-19-13(18)16-9)17-11-5-3-2-4-10(11)15-8/h2-5,7H,6H2,1H3,(H,14,17)(H,16,18). The number of hydrogen-bond acceptors (Lipinski definition) is 5. The maximum atomic E-state index is 11.1. The van der Waals surface area contributed by atoms with Gasteiger partial charge in [0.25, 0.3) is 0 Å². The van der Waals surface area contributed by atoms with Crippen molar-refractivity contribution >= 4 is 28.2 Å². The third kappa shape index (κ3) is 2.48. The third-order valence-electron chi connectivity index (χ3n) is 2.76. The SMILES string of the molecule is Cc1nc2ccccc2nc1NCc1csc(=O)[nH]1. The maximum Gasteiger partial charge on any atom is 0.304 e. The smallest absolute Gasteiger partial charge is 0.304 e. The zero-order valence-electron chi connectivity index (χ0n) is 10.3. The molecule has 0 aliphatic carbocycles. The zero-order chi connectivity index (χ0) is 13.2. The Kier molecular flexibility index (Phi) is 3.00. The van der Waals surface area contributed by atoms with Gasteiger partial charge in [-0.2, -0.15) is 0 Å². The quantitative estimate of drug-likeness (QED) is 0.767. The molecule has 3 aromatic rings. The Hall–Kier alpha value is -2.21. The molecular formula is C13H12N4OS. The number of nitrogens with zero attached hydrogens (tertiary/aromatic N) is 2. The summed E-state index contributed by atoms with van der Waals surface area (Å²) in [6.45, 7) is 2.45. The summed E-state index contributed by atoms with van der Waals surface area (Å²) >= 11 is 1.16. The van der Waals surface area contributed by atoms with E-state index in [9.17, 15) is 4.79 Å². The lowest BCUT2D eigenvalue weighted by molar-refractivity contribution is 1.03. The van der Waals surface area contributed by atoms with Crippen LogP contribution in [0.1, 0.15) is 11.4 Å². The normalized spacial score (nSPS) is 10.8. The van der Waals surface area contributed by atoms with E-state index < -0.39 is 0 Å². The number of aromatic amines is 1. The molecule has 0 fully saturated rings. The van der Waals surface area contributed by atoms with Gasteiger partial charge in [-0.15, -0.1) is 0 Å². The van der Waals surface area contributed by atoms with Crippen LogP contribution in [0.2, 0.25) is 0 Å². The summed E-state index contributed by atoms with van der Waals surface area (Å²) in [5.41, 5.74) is 3.43. The van der Waals surface area contributed by atoms with E-state index in [0.717, 1.165) is 39.6 Å². The summed E-state index contributed by atoms with van der Waals surface area (Å²) in [7, 11) is 0. The van der Waals surface area contributed by atoms with Gasteiger partial charge in [0.1, 0.15) is 5.82 Å². The highest BCUT2D eigenvalue weighted by Gasteiger charge is 2.05. The molecule has 0 aliphatic heterocycles. The van der Waals surface area contributed by atoms with Crippen molar-refractivity contribution < 1.29 is 0 Å². The number of aromatic nitrogens is 3. The minimum absolute atomic E-state index is 0.0434. The first-order valence-electron chi connectivity index (χ1n) is 5.86. The van der Waals surface area contributed by atoms with Crippen molar-refractivity contribution in [1.82, 2.24) is 15.0 Å². The number of benzene rings is 1. The molecule has 0 spiro atoms. The van der Waals surface area contributed by atoms with Crippen LogP contribution >= 0.6 is 11.3 Å². The average Bonchev–Trinajstić information content (AvgIpc) is 2.82. The van der Waals surface area contributed by atoms with Crippen LogP contribution in [0, 0.1) is 6.92 Å². The molecule has 2 aromatic heterocycles. The summed E-state index contributed by atoms with van der Waals surface area (Å²) in [6, 6.07) is 7.75. The van der Waals surface area contributed by atoms with Gasteiger partial charge in [-0.1, -0.05) is 23.5 Å². The van der Waals surface area contributed by atoms with Crippen molar-refractivity contribution in [3.8, 4) is 0 Å². The number of rotatable bonds is 3. The minimum Gasteiger partial charge on any atom is -0.363 e. The number of fused-ring (bicyclic) bond motifs is 1. The van der Waals surface area contributed by atoms with Crippen molar-refractivity contribution in [3.63, 3.8) is 0 Å². The number of hydrogen-bond donors (Lipinski definition) is 2. The predicted octanol–water partition coefficient (Wildman–Crippen LogP) is 2.30. The third-order valence-corrected chi connectivity index (χ3v) is 3.48. The number of thiazole rings is 1. The van der Waals surface area contributed by atoms with Crippen molar-refractivity contribution in [2.75, 3.05) is 5.32 Å². The Morgan fingerprint density at radius 1 is 1.26 bits per heavy atom. The first-order chi connectivity index (χ1) is 9.22. The first kappa shape index (κ1) is 11.9. The fourth-order valence-electron chi connectivity index (χ4n) is 1.84. The molecule has 0 aliphatic rings. The van der Waals surface area contributed by atoms with Crippen LogP contribution in [0.5, 0.6) is 0 Å². The Morgan fingerprint density at radius 2 is 2.00 bits per heavy atom. The molecule has 0 unspecified atom stereocenters. The number of nitrogens with one attached hydrogen (secondary N) is 2. The number of H-pyrrole nitrogens is 1. The van der Waals surface area contributed by atoms with Crippen molar-refractivity contribution in [2.24, 2.45) is 0 Å². The van der Waals surface area contributed by atoms with Crippen molar-refractivity contribution in [1.29, 1.82) is 0 Å². The Bertz CT molecular complexity index is 777. The molecule has 2 N–H and O–H groups in total. The predicted molar refractivity (Wildman–Crippen MR) is 76.5 cm³/mol. The number of aryl methyl sites for hydroxylation is 1. The lowest BCUT2D eigenvalue weighted by Crippen LogP contribution is -2.06. The van der Waals surface area contributed by atoms with Gasteiger partial charge in [0, 0.05) is 11.1 Å². The lowest BCUT2D eigenvalue weighted by atomic mass is 10.3. The average molecular weight is 272 g/mol. The topological polar surface area (TPSA) is 70.7 Å². The van der Waals surface area contributed by atoms with Gasteiger partial charge in [0.15, 0.2) is 0 Å². The number of para-hydroxylation sites is 2. The van der Waals surface area contributed by atoms with Crippen LogP contribution in [0.15, 0.2) is 34.4 Å². The van der Waals surface area contributed by atoms with E-state index in [1.54, 1.807) is 5.38 Å². The van der Waals surface area contributed by atoms with Gasteiger partial charge in [-0.25, -0.2) is 9.97 Å². The van der Waals surface area contributed by atoms with Crippen molar-refractivity contribution in [3.05, 3.63) is 50.7 Å². The van der Waals surface area contributed by atoms with Crippen LogP contribution in [0.4, 0.5) is 5.82 Å². The molecule has 0 atom stereocenters. The second-order valence-corrected chi connectivity index (χ2v) is 5.02. The molecule has 2 heterocycles. The van der Waals surface area contributed by atoms with Crippen molar-refractivity contribution in [2.45, 2.75) is 13.5 Å². The van der Waals surface area contributed by atoms with E-state index in [1.165, 1.54) is 0 Å². The molecule has 6 heteroatoms. The molecule has 0 amide bonds. The van der Waals surface area contributed by atoms with E-state index in [0.29, 0.717) is 6.54 Å². The number of anilines is 1. The molecule has 3 rings (SSSR count). The molecule has 1 aromatic carbocycles. The molecule has 0 radical (unpaired) electrons. The van der Waals surface area contributed by atoms with Crippen LogP contribution in [0.3, 0.4) is 0 Å². The monoisotopic (exact) mass is 272 g/mol. The Labute approximate surface area is 113 Å². The molecule has 96 valence electrons. The Balaban J connectivity index is 1.88. The van der Waals surface area contributed by atoms with Crippen LogP contribution in [-0.4, -0.2) is 15.0 Å². The first-order valence-corrected chi connectivity index (χ1v) is 6.74. The lowest BCUT2D eigenvalue weighted by Gasteiger charge is -2.08. The van der Waals surface area contributed by atoms with Gasteiger partial charge in [0.05, 0.1) is 23.3 Å². The van der Waals surface area contributed by atoms with E-state index >= 15 is 0 Å². The van der Waals surface area contributed by atoms with Gasteiger partial charge in [-0.05, 0) is 19.1 Å². The van der Waals surface area contributed by atoms with Gasteiger partial charge in [0.2, 0.25) is 0 Å².